The van der Waals surface area contributed by atoms with E-state index in [9.17, 15) is 24.6 Å². The Morgan fingerprint density at radius 3 is 2.30 bits per heavy atom. The van der Waals surface area contributed by atoms with E-state index < -0.39 is 49.9 Å². The molecule has 1 fully saturated rings. The maximum Gasteiger partial charge on any atom is 0.397 e. The third-order valence-corrected chi connectivity index (χ3v) is 5.24. The Labute approximate surface area is 208 Å². The maximum absolute atomic E-state index is 12.0. The quantitative estimate of drug-likeness (QED) is 0.105. The van der Waals surface area contributed by atoms with Gasteiger partial charge in [-0.2, -0.15) is 4.98 Å². The number of H-pyrrole nitrogens is 1. The number of aromatic nitrogens is 4. The van der Waals surface area contributed by atoms with Crippen molar-refractivity contribution in [2.24, 2.45) is 5.50 Å². The maximum atomic E-state index is 12.0. The molecule has 11 N–H and O–H groups in total. The number of nitrogens with zero attached hydrogens (tertiary/aromatic N) is 4. The van der Waals surface area contributed by atoms with Gasteiger partial charge in [0.05, 0.1) is 12.4 Å². The van der Waals surface area contributed by atoms with E-state index in [0.29, 0.717) is 0 Å². The number of aliphatic hydroxyl groups excluding tert-OH is 2. The second kappa shape index (κ2) is 13.0. The molecule has 1 saturated heterocycles. The van der Waals surface area contributed by atoms with Crippen molar-refractivity contribution >= 4 is 36.8 Å². The van der Waals surface area contributed by atoms with Gasteiger partial charge in [0.2, 0.25) is 5.95 Å². The number of imidazole rings is 1. The molecule has 0 saturated carbocycles. The molecule has 3 rings (SSSR count). The van der Waals surface area contributed by atoms with Crippen molar-refractivity contribution in [1.29, 1.82) is 0 Å². The Balaban J connectivity index is 0.000000877. The molecule has 3 heterocycles. The van der Waals surface area contributed by atoms with Crippen LogP contribution in [-0.4, -0.2) is 98.1 Å². The fourth-order valence-corrected chi connectivity index (χ4v) is 3.72. The van der Waals surface area contributed by atoms with E-state index in [1.807, 2.05) is 0 Å². The summed E-state index contributed by atoms with van der Waals surface area (Å²) in [5, 5.41) is 39.1. The van der Waals surface area contributed by atoms with E-state index in [2.05, 4.69) is 20.5 Å². The summed E-state index contributed by atoms with van der Waals surface area (Å²) in [5.74, 6) is -2.09. The normalized spacial score (nSPS) is 20.5. The van der Waals surface area contributed by atoms with Gasteiger partial charge in [0.25, 0.3) is 5.56 Å². The van der Waals surface area contributed by atoms with E-state index in [-0.39, 0.29) is 62.3 Å². The molecule has 18 nitrogen and oxygen atoms in total. The fraction of sp³-hybridized carbons (Fsp3) is 0.611. The van der Waals surface area contributed by atoms with E-state index in [1.54, 1.807) is 0 Å². The second-order valence-corrected chi connectivity index (χ2v) is 9.35. The molecule has 2 aromatic rings. The molecule has 0 aliphatic carbocycles. The molecule has 0 aromatic carbocycles. The van der Waals surface area contributed by atoms with Crippen LogP contribution >= 0.6 is 7.75 Å². The van der Waals surface area contributed by atoms with Crippen molar-refractivity contribution in [2.45, 2.75) is 56.8 Å². The molecule has 4 atom stereocenters. The first-order valence-electron chi connectivity index (χ1n) is 10.9. The lowest BCUT2D eigenvalue weighted by atomic mass is 10.1. The van der Waals surface area contributed by atoms with Crippen molar-refractivity contribution < 1.29 is 49.1 Å². The molecular formula is C18H30N7O11P. The minimum atomic E-state index is -4.14. The highest BCUT2D eigenvalue weighted by Gasteiger charge is 2.42. The lowest BCUT2D eigenvalue weighted by Gasteiger charge is -2.32. The minimum Gasteiger partial charge on any atom is -0.481 e. The van der Waals surface area contributed by atoms with Crippen LogP contribution in [0.3, 0.4) is 0 Å². The number of aliphatic hydroxyl groups is 2. The molecule has 1 unspecified atom stereocenters. The van der Waals surface area contributed by atoms with Crippen molar-refractivity contribution in [2.75, 3.05) is 18.8 Å². The van der Waals surface area contributed by atoms with Gasteiger partial charge in [0.15, 0.2) is 11.2 Å². The van der Waals surface area contributed by atoms with Gasteiger partial charge in [-0.15, -0.1) is 0 Å². The van der Waals surface area contributed by atoms with Gasteiger partial charge in [0, 0.05) is 32.4 Å². The number of nitrogen functional groups attached to an aromatic ring is 1. The van der Waals surface area contributed by atoms with Gasteiger partial charge >= 0.3 is 19.7 Å². The topological polar surface area (TPSA) is 301 Å². The number of hydrogen-bond donors (Lipinski definition) is 9. The summed E-state index contributed by atoms with van der Waals surface area (Å²) in [5.41, 5.74) is 9.31. The number of aliphatic carboxylic acids is 2. The van der Waals surface area contributed by atoms with Crippen molar-refractivity contribution in [3.05, 3.63) is 16.7 Å². The molecule has 37 heavy (non-hydrogen) atoms. The van der Waals surface area contributed by atoms with Crippen LogP contribution in [0.5, 0.6) is 0 Å². The van der Waals surface area contributed by atoms with Crippen LogP contribution in [0.2, 0.25) is 0 Å². The predicted octanol–water partition coefficient (Wildman–Crippen LogP) is -2.26. The molecule has 0 radical (unpaired) electrons. The van der Waals surface area contributed by atoms with E-state index in [0.717, 1.165) is 0 Å². The molecular weight excluding hydrogens is 521 g/mol. The number of nitrogens with two attached hydrogens (primary N) is 2. The molecule has 0 bridgehead atoms. The molecule has 1 aliphatic heterocycles. The zero-order valence-corrected chi connectivity index (χ0v) is 20.3. The first kappa shape index (κ1) is 30.3. The van der Waals surface area contributed by atoms with Crippen LogP contribution in [0.1, 0.15) is 38.3 Å². The predicted molar refractivity (Wildman–Crippen MR) is 125 cm³/mol. The van der Waals surface area contributed by atoms with Crippen molar-refractivity contribution in [3.8, 4) is 0 Å². The van der Waals surface area contributed by atoms with Crippen LogP contribution in [0.25, 0.3) is 11.2 Å². The van der Waals surface area contributed by atoms with Gasteiger partial charge in [-0.1, -0.05) is 0 Å². The summed E-state index contributed by atoms with van der Waals surface area (Å²) >= 11 is 0. The van der Waals surface area contributed by atoms with Crippen LogP contribution in [0.15, 0.2) is 11.1 Å². The number of ether oxygens (including phenoxy) is 1. The Bertz CT molecular complexity index is 1150. The van der Waals surface area contributed by atoms with Gasteiger partial charge in [0.1, 0.15) is 18.6 Å². The highest BCUT2D eigenvalue weighted by molar-refractivity contribution is 7.49. The summed E-state index contributed by atoms with van der Waals surface area (Å²) in [6, 6.07) is 0. The number of carboxylic acids is 2. The summed E-state index contributed by atoms with van der Waals surface area (Å²) in [6.45, 7) is 0.345. The standard InChI is InChI=1S/C18H26N6O8.H4NO3P/c19-18-21-15-13(16(30)22-18)20-8-24(15)10-7-9(25)14(32-10)17(31)23(5-1-3-11(26)27)6-2-4-12(28)29;1-5(2,3)4/h8-10,14,17,25,31H,1-7H2,(H,26,27)(H,28,29)(H3,19,21,22,30);(H4,1,2,3,4)/t9-,10+,14-,17?;/m0./s1. The Kier molecular flexibility index (Phi) is 10.6. The molecule has 19 heteroatoms. The molecule has 2 aromatic heterocycles. The second-order valence-electron chi connectivity index (χ2n) is 8.17. The first-order chi connectivity index (χ1) is 17.2. The average molecular weight is 551 g/mol. The molecule has 0 spiro atoms. The largest absolute Gasteiger partial charge is 0.481 e. The molecule has 208 valence electrons. The summed E-state index contributed by atoms with van der Waals surface area (Å²) in [7, 11) is -4.14. The van der Waals surface area contributed by atoms with Gasteiger partial charge in [-0.05, 0) is 12.8 Å². The highest BCUT2D eigenvalue weighted by atomic mass is 31.2. The SMILES string of the molecule is NP(=O)(O)O.Nc1nc2c(ncn2[C@H]2C[C@H](O)[C@@H](C(O)N(CCCC(=O)O)CCCC(=O)O)O2)c(=O)[nH]1. The van der Waals surface area contributed by atoms with Crippen molar-refractivity contribution in [1.82, 2.24) is 24.4 Å². The average Bonchev–Trinajstić information content (AvgIpc) is 3.34. The summed E-state index contributed by atoms with van der Waals surface area (Å²) < 4.78 is 16.4. The number of hydrogen-bond acceptors (Lipinski definition) is 11. The smallest absolute Gasteiger partial charge is 0.397 e. The Hall–Kier alpha value is -2.96. The number of fused-ring (bicyclic) bond motifs is 1. The lowest BCUT2D eigenvalue weighted by molar-refractivity contribution is -0.143. The van der Waals surface area contributed by atoms with Crippen molar-refractivity contribution in [3.63, 3.8) is 0 Å². The van der Waals surface area contributed by atoms with Crippen LogP contribution in [-0.2, 0) is 18.9 Å². The van der Waals surface area contributed by atoms with E-state index in [1.165, 1.54) is 15.8 Å². The number of nitrogens with one attached hydrogen (secondary N) is 1. The lowest BCUT2D eigenvalue weighted by Crippen LogP contribution is -2.48. The third kappa shape index (κ3) is 9.45. The summed E-state index contributed by atoms with van der Waals surface area (Å²) in [6.07, 6.45) is -2.65. The molecule has 1 aliphatic rings. The summed E-state index contributed by atoms with van der Waals surface area (Å²) in [4.78, 5) is 60.3. The first-order valence-corrected chi connectivity index (χ1v) is 12.6. The monoisotopic (exact) mass is 551 g/mol. The van der Waals surface area contributed by atoms with Gasteiger partial charge in [-0.3, -0.25) is 28.8 Å². The van der Waals surface area contributed by atoms with Crippen LogP contribution in [0, 0.1) is 0 Å². The Morgan fingerprint density at radius 1 is 1.24 bits per heavy atom. The van der Waals surface area contributed by atoms with Gasteiger partial charge < -0.3 is 40.7 Å². The number of carboxylic acid groups (broad SMARTS) is 2. The zero-order chi connectivity index (χ0) is 27.9. The number of anilines is 1. The van der Waals surface area contributed by atoms with E-state index in [4.69, 9.17) is 35.0 Å². The Morgan fingerprint density at radius 2 is 1.78 bits per heavy atom. The molecule has 0 amide bonds. The number of aromatic amines is 1. The van der Waals surface area contributed by atoms with Crippen LogP contribution < -0.4 is 16.8 Å². The highest BCUT2D eigenvalue weighted by Crippen LogP contribution is 2.33. The van der Waals surface area contributed by atoms with E-state index >= 15 is 0 Å². The minimum absolute atomic E-state index is 0.0465. The number of rotatable bonds is 11. The van der Waals surface area contributed by atoms with Gasteiger partial charge in [-0.25, -0.2) is 15.1 Å². The third-order valence-electron chi connectivity index (χ3n) is 5.24. The zero-order valence-electron chi connectivity index (χ0n) is 19.5. The van der Waals surface area contributed by atoms with Crippen LogP contribution in [0.4, 0.5) is 5.95 Å². The number of carbonyl (C=O) groups is 2. The fourth-order valence-electron chi connectivity index (χ4n) is 3.72.